The predicted octanol–water partition coefficient (Wildman–Crippen LogP) is 1.40. The van der Waals surface area contributed by atoms with Gasteiger partial charge in [-0.3, -0.25) is 9.69 Å². The van der Waals surface area contributed by atoms with Crippen molar-refractivity contribution in [1.82, 2.24) is 15.1 Å². The Labute approximate surface area is 157 Å². The fraction of sp³-hybridized carbons (Fsp3) is 0.941. The molecular formula is C17H31Cl2N3O2. The van der Waals surface area contributed by atoms with Crippen LogP contribution in [0.1, 0.15) is 25.7 Å². The van der Waals surface area contributed by atoms with Crippen molar-refractivity contribution in [2.45, 2.75) is 25.7 Å². The molecule has 1 aliphatic carbocycles. The maximum absolute atomic E-state index is 12.8. The minimum Gasteiger partial charge on any atom is -0.379 e. The van der Waals surface area contributed by atoms with Gasteiger partial charge in [-0.1, -0.05) is 0 Å². The summed E-state index contributed by atoms with van der Waals surface area (Å²) in [7, 11) is 0. The number of ether oxygens (including phenoxy) is 1. The molecule has 1 N–H and O–H groups in total. The van der Waals surface area contributed by atoms with Gasteiger partial charge in [0.25, 0.3) is 0 Å². The van der Waals surface area contributed by atoms with Gasteiger partial charge in [-0.25, -0.2) is 0 Å². The van der Waals surface area contributed by atoms with Crippen LogP contribution in [0.3, 0.4) is 0 Å². The van der Waals surface area contributed by atoms with Gasteiger partial charge in [-0.2, -0.15) is 0 Å². The molecule has 0 aromatic rings. The number of piperidine rings is 1. The van der Waals surface area contributed by atoms with Crippen LogP contribution in [0.2, 0.25) is 0 Å². The third kappa shape index (κ3) is 4.18. The smallest absolute Gasteiger partial charge is 0.226 e. The Morgan fingerprint density at radius 3 is 2.54 bits per heavy atom. The van der Waals surface area contributed by atoms with Crippen molar-refractivity contribution in [2.24, 2.45) is 17.3 Å². The number of nitrogens with one attached hydrogen (secondary N) is 1. The van der Waals surface area contributed by atoms with E-state index in [1.54, 1.807) is 0 Å². The lowest BCUT2D eigenvalue weighted by atomic mass is 9.91. The van der Waals surface area contributed by atoms with E-state index in [9.17, 15) is 4.79 Å². The van der Waals surface area contributed by atoms with Gasteiger partial charge < -0.3 is 15.0 Å². The number of carbonyl (C=O) groups is 1. The van der Waals surface area contributed by atoms with Crippen molar-refractivity contribution in [3.8, 4) is 0 Å². The number of carbonyl (C=O) groups excluding carboxylic acids is 1. The highest BCUT2D eigenvalue weighted by Crippen LogP contribution is 2.59. The van der Waals surface area contributed by atoms with Crippen LogP contribution in [0, 0.1) is 17.3 Å². The molecule has 140 valence electrons. The molecule has 4 fully saturated rings. The highest BCUT2D eigenvalue weighted by Gasteiger charge is 2.58. The molecule has 0 radical (unpaired) electrons. The highest BCUT2D eigenvalue weighted by atomic mass is 35.5. The summed E-state index contributed by atoms with van der Waals surface area (Å²) in [6.07, 6.45) is 4.74. The maximum atomic E-state index is 12.8. The van der Waals surface area contributed by atoms with Gasteiger partial charge in [0.2, 0.25) is 5.91 Å². The van der Waals surface area contributed by atoms with Crippen LogP contribution < -0.4 is 5.32 Å². The molecular weight excluding hydrogens is 349 g/mol. The van der Waals surface area contributed by atoms with Crippen LogP contribution in [0.15, 0.2) is 0 Å². The quantitative estimate of drug-likeness (QED) is 0.804. The Balaban J connectivity index is 0.00000104. The van der Waals surface area contributed by atoms with Crippen molar-refractivity contribution < 1.29 is 9.53 Å². The summed E-state index contributed by atoms with van der Waals surface area (Å²) in [6, 6.07) is 0. The lowest BCUT2D eigenvalue weighted by Gasteiger charge is -2.29. The Kier molecular flexibility index (Phi) is 7.21. The lowest BCUT2D eigenvalue weighted by molar-refractivity contribution is -0.132. The molecule has 1 amide bonds. The number of nitrogens with zero attached hydrogens (tertiary/aromatic N) is 2. The minimum atomic E-state index is 0. The van der Waals surface area contributed by atoms with Crippen molar-refractivity contribution in [1.29, 1.82) is 0 Å². The molecule has 4 rings (SSSR count). The van der Waals surface area contributed by atoms with Crippen molar-refractivity contribution in [3.05, 3.63) is 0 Å². The summed E-state index contributed by atoms with van der Waals surface area (Å²) in [5.74, 6) is 1.48. The topological polar surface area (TPSA) is 44.8 Å². The molecule has 2 unspecified atom stereocenters. The van der Waals surface area contributed by atoms with E-state index >= 15 is 0 Å². The first-order valence-electron chi connectivity index (χ1n) is 9.06. The minimum absolute atomic E-state index is 0. The molecule has 2 atom stereocenters. The number of rotatable bonds is 3. The lowest BCUT2D eigenvalue weighted by Crippen LogP contribution is -2.40. The molecule has 4 aliphatic rings. The number of halogens is 2. The fourth-order valence-corrected chi connectivity index (χ4v) is 4.73. The van der Waals surface area contributed by atoms with E-state index in [0.717, 1.165) is 65.4 Å². The molecule has 1 spiro atoms. The van der Waals surface area contributed by atoms with Crippen LogP contribution >= 0.6 is 24.8 Å². The van der Waals surface area contributed by atoms with Gasteiger partial charge in [0.1, 0.15) is 0 Å². The Bertz CT molecular complexity index is 426. The molecule has 1 saturated carbocycles. The first-order chi connectivity index (χ1) is 10.8. The third-order valence-corrected chi connectivity index (χ3v) is 6.30. The van der Waals surface area contributed by atoms with Crippen LogP contribution in [0.5, 0.6) is 0 Å². The molecule has 3 aliphatic heterocycles. The van der Waals surface area contributed by atoms with E-state index < -0.39 is 0 Å². The summed E-state index contributed by atoms with van der Waals surface area (Å²) >= 11 is 0. The largest absolute Gasteiger partial charge is 0.379 e. The van der Waals surface area contributed by atoms with Gasteiger partial charge in [0, 0.05) is 38.6 Å². The second-order valence-electron chi connectivity index (χ2n) is 7.72. The number of likely N-dealkylation sites (tertiary alicyclic amines) is 1. The molecule has 7 heteroatoms. The average molecular weight is 380 g/mol. The monoisotopic (exact) mass is 379 g/mol. The summed E-state index contributed by atoms with van der Waals surface area (Å²) in [6.45, 7) is 9.17. The van der Waals surface area contributed by atoms with Crippen molar-refractivity contribution in [2.75, 3.05) is 59.0 Å². The number of amides is 1. The molecule has 3 saturated heterocycles. The summed E-state index contributed by atoms with van der Waals surface area (Å²) < 4.78 is 5.42. The van der Waals surface area contributed by atoms with E-state index in [4.69, 9.17) is 4.74 Å². The Hall–Kier alpha value is -0.0700. The fourth-order valence-electron chi connectivity index (χ4n) is 4.73. The second kappa shape index (κ2) is 8.54. The van der Waals surface area contributed by atoms with Gasteiger partial charge in [-0.15, -0.1) is 24.8 Å². The van der Waals surface area contributed by atoms with Gasteiger partial charge in [0.15, 0.2) is 0 Å². The van der Waals surface area contributed by atoms with Crippen LogP contribution in [0.4, 0.5) is 0 Å². The molecule has 0 aromatic carbocycles. The van der Waals surface area contributed by atoms with Crippen LogP contribution in [-0.4, -0.2) is 74.7 Å². The summed E-state index contributed by atoms with van der Waals surface area (Å²) in [4.78, 5) is 17.5. The van der Waals surface area contributed by atoms with Crippen LogP contribution in [-0.2, 0) is 9.53 Å². The van der Waals surface area contributed by atoms with Gasteiger partial charge in [0.05, 0.1) is 13.2 Å². The van der Waals surface area contributed by atoms with Crippen LogP contribution in [0.25, 0.3) is 0 Å². The van der Waals surface area contributed by atoms with E-state index in [1.807, 2.05) is 0 Å². The number of hydrogen-bond donors (Lipinski definition) is 1. The van der Waals surface area contributed by atoms with E-state index in [0.29, 0.717) is 23.2 Å². The average Bonchev–Trinajstić information content (AvgIpc) is 3.03. The first-order valence-corrected chi connectivity index (χ1v) is 9.06. The zero-order chi connectivity index (χ0) is 15.0. The number of morpholine rings is 1. The maximum Gasteiger partial charge on any atom is 0.226 e. The normalized spacial score (nSPS) is 32.1. The third-order valence-electron chi connectivity index (χ3n) is 6.30. The van der Waals surface area contributed by atoms with Gasteiger partial charge >= 0.3 is 0 Å². The summed E-state index contributed by atoms with van der Waals surface area (Å²) in [5.41, 5.74) is 0.380. The van der Waals surface area contributed by atoms with Crippen molar-refractivity contribution >= 4 is 30.7 Å². The molecule has 0 aromatic heterocycles. The predicted molar refractivity (Wildman–Crippen MR) is 99.1 cm³/mol. The standard InChI is InChI=1S/C17H29N3O2.2ClH/c21-16(15-11-17(15)2-4-18-5-3-17)20-6-1-14(13-20)12-19-7-9-22-10-8-19;;/h14-15,18H,1-13H2;2*1H. The molecule has 5 nitrogen and oxygen atoms in total. The summed E-state index contributed by atoms with van der Waals surface area (Å²) in [5, 5.41) is 3.42. The molecule has 0 bridgehead atoms. The zero-order valence-corrected chi connectivity index (χ0v) is 16.0. The van der Waals surface area contributed by atoms with Crippen molar-refractivity contribution in [3.63, 3.8) is 0 Å². The zero-order valence-electron chi connectivity index (χ0n) is 14.4. The second-order valence-corrected chi connectivity index (χ2v) is 7.72. The highest BCUT2D eigenvalue weighted by molar-refractivity contribution is 5.85. The number of hydrogen-bond acceptors (Lipinski definition) is 4. The van der Waals surface area contributed by atoms with Gasteiger partial charge in [-0.05, 0) is 50.1 Å². The SMILES string of the molecule is Cl.Cl.O=C(C1CC12CCNCC2)N1CCC(CN2CCOCC2)C1. The first kappa shape index (κ1) is 20.2. The Morgan fingerprint density at radius 2 is 1.83 bits per heavy atom. The van der Waals surface area contributed by atoms with E-state index in [-0.39, 0.29) is 24.8 Å². The molecule has 24 heavy (non-hydrogen) atoms. The van der Waals surface area contributed by atoms with E-state index in [1.165, 1.54) is 19.3 Å². The van der Waals surface area contributed by atoms with E-state index in [2.05, 4.69) is 15.1 Å². The molecule has 3 heterocycles. The Morgan fingerprint density at radius 1 is 1.12 bits per heavy atom.